The van der Waals surface area contributed by atoms with Gasteiger partial charge >= 0.3 is 0 Å². The van der Waals surface area contributed by atoms with Crippen molar-refractivity contribution in [3.05, 3.63) is 24.3 Å². The molecule has 7 heteroatoms. The number of rotatable bonds is 3. The molecule has 5 nitrogen and oxygen atoms in total. The Labute approximate surface area is 111 Å². The highest BCUT2D eigenvalue weighted by molar-refractivity contribution is 8.14. The zero-order valence-corrected chi connectivity index (χ0v) is 11.9. The molecule has 0 saturated carbocycles. The molecule has 1 aromatic rings. The van der Waals surface area contributed by atoms with Crippen LogP contribution < -0.4 is 4.72 Å². The number of amidine groups is 1. The third-order valence-electron chi connectivity index (χ3n) is 2.38. The van der Waals surface area contributed by atoms with Gasteiger partial charge in [-0.15, -0.1) is 0 Å². The number of anilines is 1. The fourth-order valence-corrected chi connectivity index (χ4v) is 3.12. The van der Waals surface area contributed by atoms with Gasteiger partial charge in [-0.1, -0.05) is 11.8 Å². The lowest BCUT2D eigenvalue weighted by Gasteiger charge is -2.09. The molecule has 0 aliphatic carbocycles. The number of hydrogen-bond donors (Lipinski definition) is 1. The van der Waals surface area contributed by atoms with E-state index in [1.807, 2.05) is 7.05 Å². The summed E-state index contributed by atoms with van der Waals surface area (Å²) >= 11 is 1.72. The third-order valence-corrected chi connectivity index (χ3v) is 4.03. The lowest BCUT2D eigenvalue weighted by Crippen LogP contribution is -2.17. The summed E-state index contributed by atoms with van der Waals surface area (Å²) in [5, 5.41) is 0.999. The number of thioether (sulfide) groups is 1. The van der Waals surface area contributed by atoms with Crippen LogP contribution in [0.4, 0.5) is 11.4 Å². The molecule has 1 fully saturated rings. The van der Waals surface area contributed by atoms with E-state index in [-0.39, 0.29) is 0 Å². The van der Waals surface area contributed by atoms with E-state index in [1.165, 1.54) is 0 Å². The molecular weight excluding hydrogens is 270 g/mol. The summed E-state index contributed by atoms with van der Waals surface area (Å²) in [5.41, 5.74) is 1.37. The average molecular weight is 285 g/mol. The summed E-state index contributed by atoms with van der Waals surface area (Å²) in [6.45, 7) is 1.01. The fraction of sp³-hybridized carbons (Fsp3) is 0.364. The number of nitrogens with zero attached hydrogens (tertiary/aromatic N) is 2. The fourth-order valence-electron chi connectivity index (χ4n) is 1.53. The molecule has 1 aromatic carbocycles. The Morgan fingerprint density at radius 2 is 2.00 bits per heavy atom. The van der Waals surface area contributed by atoms with Crippen LogP contribution >= 0.6 is 11.8 Å². The van der Waals surface area contributed by atoms with Gasteiger partial charge in [0.05, 0.1) is 11.9 Å². The molecule has 0 amide bonds. The van der Waals surface area contributed by atoms with E-state index in [9.17, 15) is 8.42 Å². The predicted octanol–water partition coefficient (Wildman–Crippen LogP) is 1.72. The molecule has 1 aliphatic rings. The van der Waals surface area contributed by atoms with Crippen molar-refractivity contribution < 1.29 is 8.42 Å². The van der Waals surface area contributed by atoms with Crippen molar-refractivity contribution in [3.63, 3.8) is 0 Å². The summed E-state index contributed by atoms with van der Waals surface area (Å²) in [6.07, 6.45) is 1.13. The predicted molar refractivity (Wildman–Crippen MR) is 77.1 cm³/mol. The van der Waals surface area contributed by atoms with E-state index >= 15 is 0 Å². The maximum atomic E-state index is 11.1. The van der Waals surface area contributed by atoms with Crippen LogP contribution in [-0.2, 0) is 10.0 Å². The maximum absolute atomic E-state index is 11.1. The smallest absolute Gasteiger partial charge is 0.229 e. The Morgan fingerprint density at radius 1 is 1.33 bits per heavy atom. The standard InChI is InChI=1S/C11H15N3O2S2/c1-14-7-8-17-11(14)12-9-3-5-10(6-4-9)13-18(2,15)16/h3-6,13H,7-8H2,1-2H3. The monoisotopic (exact) mass is 285 g/mol. The highest BCUT2D eigenvalue weighted by Gasteiger charge is 2.14. The summed E-state index contributed by atoms with van der Waals surface area (Å²) in [5.74, 6) is 1.06. The van der Waals surface area contributed by atoms with Crippen LogP contribution in [0.3, 0.4) is 0 Å². The molecule has 0 aromatic heterocycles. The van der Waals surface area contributed by atoms with Crippen molar-refractivity contribution in [1.29, 1.82) is 0 Å². The summed E-state index contributed by atoms with van der Waals surface area (Å²) in [6, 6.07) is 7.01. The van der Waals surface area contributed by atoms with E-state index in [0.717, 1.165) is 29.4 Å². The van der Waals surface area contributed by atoms with Gasteiger partial charge < -0.3 is 4.90 Å². The molecular formula is C11H15N3O2S2. The van der Waals surface area contributed by atoms with Gasteiger partial charge in [-0.3, -0.25) is 4.72 Å². The van der Waals surface area contributed by atoms with Gasteiger partial charge in [0.1, 0.15) is 0 Å². The minimum Gasteiger partial charge on any atom is -0.353 e. The molecule has 0 radical (unpaired) electrons. The molecule has 98 valence electrons. The zero-order valence-electron chi connectivity index (χ0n) is 10.3. The molecule has 0 atom stereocenters. The second kappa shape index (κ2) is 5.19. The van der Waals surface area contributed by atoms with Crippen LogP contribution in [0.15, 0.2) is 29.3 Å². The van der Waals surface area contributed by atoms with Gasteiger partial charge in [0.15, 0.2) is 5.17 Å². The van der Waals surface area contributed by atoms with E-state index in [2.05, 4.69) is 14.6 Å². The average Bonchev–Trinajstić information content (AvgIpc) is 2.65. The van der Waals surface area contributed by atoms with Gasteiger partial charge in [-0.2, -0.15) is 0 Å². The first kappa shape index (κ1) is 13.2. The number of benzene rings is 1. The van der Waals surface area contributed by atoms with Crippen molar-refractivity contribution in [2.75, 3.05) is 30.3 Å². The molecule has 0 spiro atoms. The zero-order chi connectivity index (χ0) is 13.2. The number of aliphatic imine (C=N–C) groups is 1. The van der Waals surface area contributed by atoms with Crippen LogP contribution in [0.5, 0.6) is 0 Å². The first-order valence-electron chi connectivity index (χ1n) is 5.44. The SMILES string of the molecule is CN1CCSC1=Nc1ccc(NS(C)(=O)=O)cc1. The Balaban J connectivity index is 2.13. The van der Waals surface area contributed by atoms with Gasteiger partial charge in [0.25, 0.3) is 0 Å². The molecule has 0 unspecified atom stereocenters. The minimum atomic E-state index is -3.22. The van der Waals surface area contributed by atoms with Gasteiger partial charge in [-0.05, 0) is 24.3 Å². The summed E-state index contributed by atoms with van der Waals surface area (Å²) in [4.78, 5) is 6.61. The molecule has 1 aliphatic heterocycles. The van der Waals surface area contributed by atoms with Gasteiger partial charge in [-0.25, -0.2) is 13.4 Å². The van der Waals surface area contributed by atoms with Crippen LogP contribution in [0.25, 0.3) is 0 Å². The van der Waals surface area contributed by atoms with Crippen molar-refractivity contribution in [3.8, 4) is 0 Å². The van der Waals surface area contributed by atoms with Crippen LogP contribution in [0.1, 0.15) is 0 Å². The van der Waals surface area contributed by atoms with E-state index in [1.54, 1.807) is 36.0 Å². The number of sulfonamides is 1. The van der Waals surface area contributed by atoms with Crippen molar-refractivity contribution in [1.82, 2.24) is 4.90 Å². The molecule has 1 N–H and O–H groups in total. The van der Waals surface area contributed by atoms with E-state index in [0.29, 0.717) is 5.69 Å². The lowest BCUT2D eigenvalue weighted by atomic mass is 10.3. The third kappa shape index (κ3) is 3.64. The molecule has 2 rings (SSSR count). The van der Waals surface area contributed by atoms with Crippen molar-refractivity contribution in [2.24, 2.45) is 4.99 Å². The van der Waals surface area contributed by atoms with Gasteiger partial charge in [0.2, 0.25) is 10.0 Å². The molecule has 18 heavy (non-hydrogen) atoms. The number of nitrogens with one attached hydrogen (secondary N) is 1. The quantitative estimate of drug-likeness (QED) is 0.918. The maximum Gasteiger partial charge on any atom is 0.229 e. The molecule has 1 heterocycles. The Hall–Kier alpha value is -1.21. The summed E-state index contributed by atoms with van der Waals surface area (Å²) < 4.78 is 24.5. The first-order valence-corrected chi connectivity index (χ1v) is 8.32. The second-order valence-corrected chi connectivity index (χ2v) is 6.90. The normalized spacial score (nSPS) is 18.3. The second-order valence-electron chi connectivity index (χ2n) is 4.09. The van der Waals surface area contributed by atoms with E-state index < -0.39 is 10.0 Å². The van der Waals surface area contributed by atoms with Crippen LogP contribution in [-0.4, -0.2) is 44.1 Å². The Morgan fingerprint density at radius 3 is 2.50 bits per heavy atom. The largest absolute Gasteiger partial charge is 0.353 e. The number of hydrogen-bond acceptors (Lipinski definition) is 4. The Bertz CT molecular complexity index is 552. The van der Waals surface area contributed by atoms with E-state index in [4.69, 9.17) is 0 Å². The summed E-state index contributed by atoms with van der Waals surface area (Å²) in [7, 11) is -1.21. The van der Waals surface area contributed by atoms with Crippen LogP contribution in [0, 0.1) is 0 Å². The highest BCUT2D eigenvalue weighted by Crippen LogP contribution is 2.22. The first-order chi connectivity index (χ1) is 8.44. The Kier molecular flexibility index (Phi) is 3.82. The molecule has 0 bridgehead atoms. The topological polar surface area (TPSA) is 61.8 Å². The van der Waals surface area contributed by atoms with Crippen LogP contribution in [0.2, 0.25) is 0 Å². The molecule has 1 saturated heterocycles. The lowest BCUT2D eigenvalue weighted by molar-refractivity contribution is 0.563. The van der Waals surface area contributed by atoms with Crippen molar-refractivity contribution >= 4 is 38.3 Å². The van der Waals surface area contributed by atoms with Gasteiger partial charge in [0, 0.05) is 25.0 Å². The minimum absolute atomic E-state index is 0.550. The van der Waals surface area contributed by atoms with Crippen molar-refractivity contribution in [2.45, 2.75) is 0 Å². The highest BCUT2D eigenvalue weighted by atomic mass is 32.2.